The lowest BCUT2D eigenvalue weighted by Gasteiger charge is -1.89. The van der Waals surface area contributed by atoms with Gasteiger partial charge in [-0.05, 0) is 0 Å². The van der Waals surface area contributed by atoms with Crippen molar-refractivity contribution in [3.8, 4) is 0 Å². The summed E-state index contributed by atoms with van der Waals surface area (Å²) in [5, 5.41) is 0.686. The highest BCUT2D eigenvalue weighted by molar-refractivity contribution is 7.35. The van der Waals surface area contributed by atoms with Crippen molar-refractivity contribution in [3.63, 3.8) is 0 Å². The number of hydrogen-bond acceptors (Lipinski definition) is 4. The van der Waals surface area contributed by atoms with E-state index in [2.05, 4.69) is 15.0 Å². The molecule has 11 heavy (non-hydrogen) atoms. The smallest absolute Gasteiger partial charge is 0.279 e. The van der Waals surface area contributed by atoms with E-state index >= 15 is 0 Å². The summed E-state index contributed by atoms with van der Waals surface area (Å²) < 4.78 is 0. The quantitative estimate of drug-likeness (QED) is 0.576. The van der Waals surface area contributed by atoms with Gasteiger partial charge in [0.05, 0.1) is 0 Å². The molecule has 2 rings (SSSR count). The highest BCUT2D eigenvalue weighted by Gasteiger charge is 2.01. The van der Waals surface area contributed by atoms with Gasteiger partial charge in [-0.3, -0.25) is 9.78 Å². The molecule has 0 aromatic carbocycles. The van der Waals surface area contributed by atoms with E-state index in [-0.39, 0.29) is 11.5 Å². The van der Waals surface area contributed by atoms with Crippen LogP contribution in [0.2, 0.25) is 0 Å². The van der Waals surface area contributed by atoms with Gasteiger partial charge in [0.15, 0.2) is 5.52 Å². The number of fused-ring (bicyclic) bond motifs is 1. The molecular weight excluding hydrogens is 163 g/mol. The fourth-order valence-electron chi connectivity index (χ4n) is 0.863. The zero-order valence-corrected chi connectivity index (χ0v) is 6.46. The normalized spacial score (nSPS) is 11.3. The molecule has 0 bridgehead atoms. The van der Waals surface area contributed by atoms with E-state index in [9.17, 15) is 4.79 Å². The minimum Gasteiger partial charge on any atom is -0.369 e. The summed E-state index contributed by atoms with van der Waals surface area (Å²) in [6, 6.07) is 0. The van der Waals surface area contributed by atoms with E-state index in [0.717, 1.165) is 0 Å². The van der Waals surface area contributed by atoms with Gasteiger partial charge in [-0.1, -0.05) is 8.19 Å². The molecule has 6 heteroatoms. The zero-order valence-electron chi connectivity index (χ0n) is 5.46. The number of nitrogens with two attached hydrogens (primary N) is 1. The molecule has 0 aliphatic heterocycles. The van der Waals surface area contributed by atoms with Crippen LogP contribution in [0.25, 0.3) is 10.8 Å². The van der Waals surface area contributed by atoms with Crippen molar-refractivity contribution in [1.29, 1.82) is 0 Å². The lowest BCUT2D eigenvalue weighted by Crippen LogP contribution is -2.10. The van der Waals surface area contributed by atoms with Crippen LogP contribution in [0.5, 0.6) is 0 Å². The van der Waals surface area contributed by atoms with Crippen LogP contribution in [-0.2, 0) is 0 Å². The molecule has 56 valence electrons. The highest BCUT2D eigenvalue weighted by atomic mass is 31.0. The molecule has 0 fully saturated rings. The number of rotatable bonds is 0. The number of nitrogen functional groups attached to an aromatic ring is 1. The summed E-state index contributed by atoms with van der Waals surface area (Å²) in [5.74, 6) is 1.83. The van der Waals surface area contributed by atoms with Crippen LogP contribution in [-0.4, -0.2) is 15.0 Å². The molecule has 1 unspecified atom stereocenters. The average Bonchev–Trinajstić information content (AvgIpc) is 2.34. The number of aromatic nitrogens is 3. The molecule has 5 nitrogen and oxygen atoms in total. The minimum absolute atomic E-state index is 0.159. The van der Waals surface area contributed by atoms with Crippen LogP contribution in [0.3, 0.4) is 0 Å². The van der Waals surface area contributed by atoms with Crippen molar-refractivity contribution >= 4 is 24.9 Å². The Kier molecular flexibility index (Phi) is 1.20. The van der Waals surface area contributed by atoms with Crippen molar-refractivity contribution < 1.29 is 0 Å². The molecule has 1 atom stereocenters. The summed E-state index contributed by atoms with van der Waals surface area (Å²) in [7, 11) is 0.370. The molecule has 0 saturated carbocycles. The van der Waals surface area contributed by atoms with Crippen LogP contribution < -0.4 is 11.3 Å². The third-order valence-electron chi connectivity index (χ3n) is 1.31. The van der Waals surface area contributed by atoms with Crippen LogP contribution >= 0.6 is 8.19 Å². The highest BCUT2D eigenvalue weighted by Crippen LogP contribution is 2.15. The number of aromatic amines is 1. The van der Waals surface area contributed by atoms with Crippen LogP contribution in [0.1, 0.15) is 0 Å². The van der Waals surface area contributed by atoms with Gasteiger partial charge < -0.3 is 5.73 Å². The van der Waals surface area contributed by atoms with Gasteiger partial charge >= 0.3 is 0 Å². The Labute approximate surface area is 62.8 Å². The lowest BCUT2D eigenvalue weighted by atomic mass is 10.6. The Balaban J connectivity index is 3.02. The van der Waals surface area contributed by atoms with Gasteiger partial charge in [-0.25, -0.2) is 9.97 Å². The van der Waals surface area contributed by atoms with E-state index in [1.807, 2.05) is 0 Å². The van der Waals surface area contributed by atoms with E-state index in [1.54, 1.807) is 5.93 Å². The van der Waals surface area contributed by atoms with Crippen LogP contribution in [0, 0.1) is 0 Å². The first kappa shape index (κ1) is 6.37. The molecule has 2 aromatic heterocycles. The standard InChI is InChI=1S/C5H5N4OP/c6-5-8-3(10)2-4(9-5)11-1-7-2/h1,11H,(H3,6,8,9,10). The average molecular weight is 168 g/mol. The summed E-state index contributed by atoms with van der Waals surface area (Å²) in [4.78, 5) is 21.2. The number of H-pyrrole nitrogens is 1. The monoisotopic (exact) mass is 168 g/mol. The minimum atomic E-state index is -0.256. The van der Waals surface area contributed by atoms with E-state index in [1.165, 1.54) is 0 Å². The lowest BCUT2D eigenvalue weighted by molar-refractivity contribution is 1.18. The molecule has 2 aromatic rings. The maximum atomic E-state index is 11.0. The van der Waals surface area contributed by atoms with E-state index < -0.39 is 0 Å². The SMILES string of the molecule is Nc1nc2[pH]cnc2c(=O)[nH]1. The van der Waals surface area contributed by atoms with Gasteiger partial charge in [-0.15, -0.1) is 0 Å². The Morgan fingerprint density at radius 3 is 3.27 bits per heavy atom. The zero-order chi connectivity index (χ0) is 7.84. The number of nitrogens with one attached hydrogen (secondary N) is 1. The van der Waals surface area contributed by atoms with Crippen molar-refractivity contribution in [2.75, 3.05) is 5.73 Å². The van der Waals surface area contributed by atoms with Crippen molar-refractivity contribution in [1.82, 2.24) is 15.0 Å². The van der Waals surface area contributed by atoms with Gasteiger partial charge in [0.2, 0.25) is 5.95 Å². The summed E-state index contributed by atoms with van der Waals surface area (Å²) in [6.07, 6.45) is 0. The second kappa shape index (κ2) is 2.07. The predicted octanol–water partition coefficient (Wildman–Crippen LogP) is -0.0684. The Hall–Kier alpha value is -1.35. The maximum absolute atomic E-state index is 11.0. The second-order valence-electron chi connectivity index (χ2n) is 2.05. The first-order valence-electron chi connectivity index (χ1n) is 2.96. The molecule has 0 amide bonds. The second-order valence-corrected chi connectivity index (χ2v) is 3.07. The van der Waals surface area contributed by atoms with Crippen LogP contribution in [0.15, 0.2) is 10.7 Å². The molecule has 0 radical (unpaired) electrons. The first-order chi connectivity index (χ1) is 5.27. The topological polar surface area (TPSA) is 84.7 Å². The third-order valence-corrected chi connectivity index (χ3v) is 2.19. The number of hydrogen-bond donors (Lipinski definition) is 2. The van der Waals surface area contributed by atoms with Crippen molar-refractivity contribution in [3.05, 3.63) is 16.3 Å². The fourth-order valence-corrected chi connectivity index (χ4v) is 1.68. The molecule has 2 heterocycles. The first-order valence-corrected chi connectivity index (χ1v) is 4.04. The fraction of sp³-hybridized carbons (Fsp3) is 0. The molecule has 0 saturated heterocycles. The van der Waals surface area contributed by atoms with Crippen molar-refractivity contribution in [2.24, 2.45) is 0 Å². The number of nitrogens with zero attached hydrogens (tertiary/aromatic N) is 2. The summed E-state index contributed by atoms with van der Waals surface area (Å²) in [6.45, 7) is 0. The molecular formula is C5H5N4OP. The van der Waals surface area contributed by atoms with Gasteiger partial charge in [0.1, 0.15) is 5.25 Å². The van der Waals surface area contributed by atoms with Gasteiger partial charge in [0, 0.05) is 5.93 Å². The molecule has 0 aliphatic carbocycles. The van der Waals surface area contributed by atoms with E-state index in [4.69, 9.17) is 5.73 Å². The predicted molar refractivity (Wildman–Crippen MR) is 44.1 cm³/mol. The van der Waals surface area contributed by atoms with Gasteiger partial charge in [0.25, 0.3) is 5.56 Å². The Morgan fingerprint density at radius 2 is 2.45 bits per heavy atom. The molecule has 0 aliphatic rings. The molecule has 3 N–H and O–H groups in total. The molecule has 0 spiro atoms. The largest absolute Gasteiger partial charge is 0.369 e. The van der Waals surface area contributed by atoms with E-state index in [0.29, 0.717) is 19.0 Å². The van der Waals surface area contributed by atoms with Gasteiger partial charge in [-0.2, -0.15) is 0 Å². The third kappa shape index (κ3) is 0.897. The van der Waals surface area contributed by atoms with Crippen LogP contribution in [0.4, 0.5) is 5.95 Å². The summed E-state index contributed by atoms with van der Waals surface area (Å²) in [5.41, 5.74) is 5.46. The Morgan fingerprint density at radius 1 is 1.64 bits per heavy atom. The Bertz CT molecular complexity index is 445. The number of anilines is 1. The maximum Gasteiger partial charge on any atom is 0.279 e. The summed E-state index contributed by atoms with van der Waals surface area (Å²) >= 11 is 0. The van der Waals surface area contributed by atoms with Crippen molar-refractivity contribution in [2.45, 2.75) is 0 Å².